The number of rotatable bonds is 2. The monoisotopic (exact) mass is 280 g/mol. The number of benzene rings is 1. The number of pyridine rings is 1. The Kier molecular flexibility index (Phi) is 3.19. The normalized spacial score (nSPS) is 10.4. The van der Waals surface area contributed by atoms with Gasteiger partial charge in [-0.1, -0.05) is 28.1 Å². The van der Waals surface area contributed by atoms with Crippen LogP contribution in [0.4, 0.5) is 10.2 Å². The van der Waals surface area contributed by atoms with Crippen LogP contribution in [0.2, 0.25) is 0 Å². The molecule has 0 bridgehead atoms. The first-order valence-electron chi connectivity index (χ1n) is 4.77. The second-order valence-corrected chi connectivity index (χ2v) is 3.97. The van der Waals surface area contributed by atoms with Crippen molar-refractivity contribution in [2.24, 2.45) is 0 Å². The number of hydrogen-bond donors (Lipinski definition) is 1. The molecule has 0 radical (unpaired) electrons. The van der Waals surface area contributed by atoms with Crippen molar-refractivity contribution < 1.29 is 4.39 Å². The molecule has 1 aromatic heterocycles. The standard InChI is InChI=1S/C12H10BrFN2/c13-6-9-5-10(7-16-12(9)15)8-1-3-11(14)4-2-8/h1-5,7H,6H2,(H2,15,16). The highest BCUT2D eigenvalue weighted by atomic mass is 79.9. The van der Waals surface area contributed by atoms with Gasteiger partial charge in [-0.3, -0.25) is 0 Å². The van der Waals surface area contributed by atoms with E-state index < -0.39 is 0 Å². The smallest absolute Gasteiger partial charge is 0.127 e. The first-order chi connectivity index (χ1) is 7.70. The van der Waals surface area contributed by atoms with Crippen molar-refractivity contribution in [3.8, 4) is 11.1 Å². The average Bonchev–Trinajstić information content (AvgIpc) is 2.31. The number of nitrogens with two attached hydrogens (primary N) is 1. The van der Waals surface area contributed by atoms with Crippen LogP contribution in [0.1, 0.15) is 5.56 Å². The molecule has 0 spiro atoms. The Morgan fingerprint density at radius 1 is 1.19 bits per heavy atom. The number of nitrogens with zero attached hydrogens (tertiary/aromatic N) is 1. The molecule has 0 atom stereocenters. The maximum absolute atomic E-state index is 12.8. The van der Waals surface area contributed by atoms with E-state index in [-0.39, 0.29) is 5.82 Å². The molecular formula is C12H10BrFN2. The first-order valence-corrected chi connectivity index (χ1v) is 5.89. The van der Waals surface area contributed by atoms with Crippen LogP contribution in [-0.2, 0) is 5.33 Å². The minimum Gasteiger partial charge on any atom is -0.383 e. The van der Waals surface area contributed by atoms with Gasteiger partial charge in [0.15, 0.2) is 0 Å². The third-order valence-electron chi connectivity index (χ3n) is 2.32. The fraction of sp³-hybridized carbons (Fsp3) is 0.0833. The van der Waals surface area contributed by atoms with Gasteiger partial charge >= 0.3 is 0 Å². The molecule has 0 amide bonds. The van der Waals surface area contributed by atoms with E-state index in [9.17, 15) is 4.39 Å². The molecule has 4 heteroatoms. The van der Waals surface area contributed by atoms with Gasteiger partial charge in [-0.2, -0.15) is 0 Å². The van der Waals surface area contributed by atoms with E-state index in [1.165, 1.54) is 12.1 Å². The summed E-state index contributed by atoms with van der Waals surface area (Å²) in [5, 5.41) is 0.654. The number of anilines is 1. The van der Waals surface area contributed by atoms with Gasteiger partial charge in [0.1, 0.15) is 11.6 Å². The van der Waals surface area contributed by atoms with Crippen LogP contribution in [0.5, 0.6) is 0 Å². The fourth-order valence-corrected chi connectivity index (χ4v) is 1.88. The van der Waals surface area contributed by atoms with Crippen LogP contribution in [0.25, 0.3) is 11.1 Å². The molecule has 2 aromatic rings. The minimum atomic E-state index is -0.243. The Hall–Kier alpha value is -1.42. The largest absolute Gasteiger partial charge is 0.383 e. The van der Waals surface area contributed by atoms with E-state index in [1.54, 1.807) is 18.3 Å². The number of aromatic nitrogens is 1. The highest BCUT2D eigenvalue weighted by molar-refractivity contribution is 9.08. The summed E-state index contributed by atoms with van der Waals surface area (Å²) in [6.07, 6.45) is 1.69. The van der Waals surface area contributed by atoms with Crippen LogP contribution in [0.3, 0.4) is 0 Å². The summed E-state index contributed by atoms with van der Waals surface area (Å²) in [4.78, 5) is 4.10. The maximum atomic E-state index is 12.8. The summed E-state index contributed by atoms with van der Waals surface area (Å²) in [5.41, 5.74) is 8.49. The number of nitrogen functional groups attached to an aromatic ring is 1. The second kappa shape index (κ2) is 4.61. The summed E-state index contributed by atoms with van der Waals surface area (Å²) < 4.78 is 12.8. The maximum Gasteiger partial charge on any atom is 0.127 e. The molecule has 1 heterocycles. The van der Waals surface area contributed by atoms with Gasteiger partial charge in [-0.25, -0.2) is 9.37 Å². The van der Waals surface area contributed by atoms with E-state index in [4.69, 9.17) is 5.73 Å². The molecular weight excluding hydrogens is 271 g/mol. The lowest BCUT2D eigenvalue weighted by Gasteiger charge is -2.05. The summed E-state index contributed by atoms with van der Waals surface area (Å²) in [6.45, 7) is 0. The van der Waals surface area contributed by atoms with E-state index in [0.717, 1.165) is 16.7 Å². The lowest BCUT2D eigenvalue weighted by atomic mass is 10.1. The van der Waals surface area contributed by atoms with Crippen LogP contribution in [0, 0.1) is 5.82 Å². The Bertz CT molecular complexity index is 497. The third kappa shape index (κ3) is 2.22. The number of halogens is 2. The first kappa shape index (κ1) is 11.1. The highest BCUT2D eigenvalue weighted by Gasteiger charge is 2.03. The molecule has 1 aromatic carbocycles. The van der Waals surface area contributed by atoms with Crippen molar-refractivity contribution in [1.82, 2.24) is 4.98 Å². The molecule has 0 saturated heterocycles. The fourth-order valence-electron chi connectivity index (χ4n) is 1.43. The molecule has 0 unspecified atom stereocenters. The average molecular weight is 281 g/mol. The lowest BCUT2D eigenvalue weighted by Crippen LogP contribution is -1.96. The molecule has 16 heavy (non-hydrogen) atoms. The van der Waals surface area contributed by atoms with Crippen molar-refractivity contribution in [2.45, 2.75) is 5.33 Å². The van der Waals surface area contributed by atoms with E-state index in [2.05, 4.69) is 20.9 Å². The topological polar surface area (TPSA) is 38.9 Å². The van der Waals surface area contributed by atoms with Gasteiger partial charge in [0.25, 0.3) is 0 Å². The van der Waals surface area contributed by atoms with E-state index in [1.807, 2.05) is 6.07 Å². The molecule has 0 fully saturated rings. The molecule has 2 nitrogen and oxygen atoms in total. The van der Waals surface area contributed by atoms with Gasteiger partial charge in [0.05, 0.1) is 0 Å². The SMILES string of the molecule is Nc1ncc(-c2ccc(F)cc2)cc1CBr. The Morgan fingerprint density at radius 2 is 1.88 bits per heavy atom. The van der Waals surface area contributed by atoms with E-state index in [0.29, 0.717) is 11.1 Å². The molecule has 0 saturated carbocycles. The van der Waals surface area contributed by atoms with Crippen LogP contribution < -0.4 is 5.73 Å². The number of alkyl halides is 1. The van der Waals surface area contributed by atoms with Gasteiger partial charge < -0.3 is 5.73 Å². The Balaban J connectivity index is 2.44. The molecule has 82 valence electrons. The highest BCUT2D eigenvalue weighted by Crippen LogP contribution is 2.23. The molecule has 0 aliphatic carbocycles. The van der Waals surface area contributed by atoms with Crippen molar-refractivity contribution in [3.05, 3.63) is 47.9 Å². The summed E-state index contributed by atoms with van der Waals surface area (Å²) >= 11 is 3.35. The lowest BCUT2D eigenvalue weighted by molar-refractivity contribution is 0.628. The Morgan fingerprint density at radius 3 is 2.50 bits per heavy atom. The molecule has 0 aliphatic rings. The van der Waals surface area contributed by atoms with Crippen molar-refractivity contribution in [1.29, 1.82) is 0 Å². The summed E-state index contributed by atoms with van der Waals surface area (Å²) in [5.74, 6) is 0.274. The van der Waals surface area contributed by atoms with Gasteiger partial charge in [0.2, 0.25) is 0 Å². The van der Waals surface area contributed by atoms with E-state index >= 15 is 0 Å². The molecule has 2 N–H and O–H groups in total. The quantitative estimate of drug-likeness (QED) is 0.857. The zero-order valence-corrected chi connectivity index (χ0v) is 10.0. The summed E-state index contributed by atoms with van der Waals surface area (Å²) in [6, 6.07) is 8.25. The van der Waals surface area contributed by atoms with Gasteiger partial charge in [-0.05, 0) is 23.8 Å². The zero-order valence-electron chi connectivity index (χ0n) is 8.45. The van der Waals surface area contributed by atoms with Gasteiger partial charge in [-0.15, -0.1) is 0 Å². The predicted octanol–water partition coefficient (Wildman–Crippen LogP) is 3.36. The predicted molar refractivity (Wildman–Crippen MR) is 66.7 cm³/mol. The molecule has 0 aliphatic heterocycles. The zero-order chi connectivity index (χ0) is 11.5. The van der Waals surface area contributed by atoms with Crippen molar-refractivity contribution in [2.75, 3.05) is 5.73 Å². The summed E-state index contributed by atoms with van der Waals surface area (Å²) in [7, 11) is 0. The number of hydrogen-bond acceptors (Lipinski definition) is 2. The van der Waals surface area contributed by atoms with Crippen LogP contribution >= 0.6 is 15.9 Å². The second-order valence-electron chi connectivity index (χ2n) is 3.41. The minimum absolute atomic E-state index is 0.243. The van der Waals surface area contributed by atoms with Crippen LogP contribution in [0.15, 0.2) is 36.5 Å². The Labute approximate surface area is 101 Å². The van der Waals surface area contributed by atoms with Crippen molar-refractivity contribution in [3.63, 3.8) is 0 Å². The van der Waals surface area contributed by atoms with Crippen molar-refractivity contribution >= 4 is 21.7 Å². The van der Waals surface area contributed by atoms with Gasteiger partial charge in [0, 0.05) is 22.7 Å². The van der Waals surface area contributed by atoms with Crippen LogP contribution in [-0.4, -0.2) is 4.98 Å². The molecule has 2 rings (SSSR count). The third-order valence-corrected chi connectivity index (χ3v) is 2.93.